The monoisotopic (exact) mass is 422 g/mol. The number of anilines is 2. The summed E-state index contributed by atoms with van der Waals surface area (Å²) in [5, 5.41) is 19.0. The van der Waals surface area contributed by atoms with Crippen LogP contribution in [0.4, 0.5) is 11.5 Å². The van der Waals surface area contributed by atoms with E-state index < -0.39 is 0 Å². The van der Waals surface area contributed by atoms with E-state index in [0.717, 1.165) is 44.4 Å². The quantitative estimate of drug-likeness (QED) is 0.324. The van der Waals surface area contributed by atoms with E-state index in [9.17, 15) is 4.79 Å². The molecule has 0 aliphatic carbocycles. The second-order valence-corrected chi connectivity index (χ2v) is 7.52. The first kappa shape index (κ1) is 18.2. The number of nitrogens with one attached hydrogen (secondary N) is 4. The number of para-hydroxylation sites is 2. The molecular weight excluding hydrogens is 404 g/mol. The third kappa shape index (κ3) is 3.14. The summed E-state index contributed by atoms with van der Waals surface area (Å²) in [5.74, 6) is 1.23. The van der Waals surface area contributed by atoms with Crippen LogP contribution < -0.4 is 15.6 Å². The second kappa shape index (κ2) is 7.28. The summed E-state index contributed by atoms with van der Waals surface area (Å²) in [6.45, 7) is 0.319. The summed E-state index contributed by atoms with van der Waals surface area (Å²) in [4.78, 5) is 16.4. The van der Waals surface area contributed by atoms with Crippen LogP contribution in [0.2, 0.25) is 0 Å². The highest BCUT2D eigenvalue weighted by Gasteiger charge is 2.11. The van der Waals surface area contributed by atoms with Crippen molar-refractivity contribution in [2.24, 2.45) is 0 Å². The van der Waals surface area contributed by atoms with Crippen LogP contribution in [0.1, 0.15) is 5.56 Å². The lowest BCUT2D eigenvalue weighted by atomic mass is 10.1. The molecule has 0 bridgehead atoms. The van der Waals surface area contributed by atoms with E-state index in [1.165, 1.54) is 0 Å². The molecule has 0 radical (unpaired) electrons. The van der Waals surface area contributed by atoms with Crippen molar-refractivity contribution in [3.05, 3.63) is 88.7 Å². The van der Waals surface area contributed by atoms with Crippen LogP contribution in [0.25, 0.3) is 32.7 Å². The molecule has 0 aliphatic rings. The Hall–Kier alpha value is -4.59. The molecule has 0 aliphatic heterocycles. The highest BCUT2D eigenvalue weighted by Crippen LogP contribution is 2.31. The van der Waals surface area contributed by atoms with Crippen molar-refractivity contribution in [3.63, 3.8) is 0 Å². The molecule has 0 amide bonds. The average molecular weight is 422 g/mol. The summed E-state index contributed by atoms with van der Waals surface area (Å²) in [5.41, 5.74) is 4.17. The maximum atomic E-state index is 11.7. The van der Waals surface area contributed by atoms with Gasteiger partial charge in [0.1, 0.15) is 6.61 Å². The minimum atomic E-state index is -0.134. The van der Waals surface area contributed by atoms with Crippen molar-refractivity contribution in [2.75, 3.05) is 5.32 Å². The third-order valence-electron chi connectivity index (χ3n) is 5.44. The molecule has 3 heterocycles. The standard InChI is InChI=1S/C24H18N6O2/c31-24-17-10-9-14(11-21(17)28-30-24)13-32-22-12-20(15-5-1-3-7-18(15)25-22)26-23-16-6-2-4-8-19(16)27-29-23/h1-12H,13H2,(H2,28,30,31)(H2,25,26,27,29). The van der Waals surface area contributed by atoms with Crippen molar-refractivity contribution in [1.82, 2.24) is 25.4 Å². The lowest BCUT2D eigenvalue weighted by Gasteiger charge is -2.12. The number of aromatic nitrogens is 5. The zero-order chi connectivity index (χ0) is 21.5. The van der Waals surface area contributed by atoms with E-state index in [0.29, 0.717) is 17.9 Å². The summed E-state index contributed by atoms with van der Waals surface area (Å²) in [6.07, 6.45) is 0. The fraction of sp³-hybridized carbons (Fsp3) is 0.0417. The molecule has 3 aromatic heterocycles. The minimum Gasteiger partial charge on any atom is -0.473 e. The highest BCUT2D eigenvalue weighted by atomic mass is 16.5. The fourth-order valence-corrected chi connectivity index (χ4v) is 3.85. The Labute approximate surface area is 181 Å². The van der Waals surface area contributed by atoms with Gasteiger partial charge in [-0.3, -0.25) is 20.1 Å². The molecule has 0 spiro atoms. The number of fused-ring (bicyclic) bond motifs is 3. The maximum absolute atomic E-state index is 11.7. The van der Waals surface area contributed by atoms with E-state index in [1.54, 1.807) is 6.07 Å². The normalized spacial score (nSPS) is 11.4. The molecule has 8 nitrogen and oxygen atoms in total. The number of nitrogens with zero attached hydrogens (tertiary/aromatic N) is 2. The molecule has 32 heavy (non-hydrogen) atoms. The van der Waals surface area contributed by atoms with Crippen LogP contribution >= 0.6 is 0 Å². The molecule has 0 fully saturated rings. The average Bonchev–Trinajstić information content (AvgIpc) is 3.41. The molecule has 8 heteroatoms. The Morgan fingerprint density at radius 2 is 1.69 bits per heavy atom. The van der Waals surface area contributed by atoms with Gasteiger partial charge >= 0.3 is 0 Å². The van der Waals surface area contributed by atoms with E-state index >= 15 is 0 Å². The molecule has 6 aromatic rings. The van der Waals surface area contributed by atoms with Crippen molar-refractivity contribution >= 4 is 44.2 Å². The fourth-order valence-electron chi connectivity index (χ4n) is 3.85. The number of pyridine rings is 1. The predicted octanol–water partition coefficient (Wildman–Crippen LogP) is 4.60. The first-order valence-electron chi connectivity index (χ1n) is 10.2. The van der Waals surface area contributed by atoms with Gasteiger partial charge in [-0.2, -0.15) is 5.10 Å². The minimum absolute atomic E-state index is 0.134. The molecule has 0 saturated heterocycles. The number of ether oxygens (including phenoxy) is 1. The number of aromatic amines is 3. The number of benzene rings is 3. The van der Waals surface area contributed by atoms with E-state index in [4.69, 9.17) is 4.74 Å². The van der Waals surface area contributed by atoms with Gasteiger partial charge in [0.25, 0.3) is 5.56 Å². The van der Waals surface area contributed by atoms with Gasteiger partial charge in [-0.15, -0.1) is 0 Å². The summed E-state index contributed by atoms with van der Waals surface area (Å²) >= 11 is 0. The smallest absolute Gasteiger partial charge is 0.271 e. The van der Waals surface area contributed by atoms with Crippen molar-refractivity contribution in [2.45, 2.75) is 6.61 Å². The predicted molar refractivity (Wildman–Crippen MR) is 124 cm³/mol. The highest BCUT2D eigenvalue weighted by molar-refractivity contribution is 5.97. The number of hydrogen-bond acceptors (Lipinski definition) is 5. The topological polar surface area (TPSA) is 111 Å². The number of hydrogen-bond donors (Lipinski definition) is 4. The van der Waals surface area contributed by atoms with Crippen molar-refractivity contribution < 1.29 is 4.74 Å². The van der Waals surface area contributed by atoms with E-state index in [2.05, 4.69) is 30.7 Å². The van der Waals surface area contributed by atoms with Gasteiger partial charge in [-0.1, -0.05) is 36.4 Å². The Balaban J connectivity index is 1.34. The third-order valence-corrected chi connectivity index (χ3v) is 5.44. The molecule has 0 unspecified atom stereocenters. The van der Waals surface area contributed by atoms with Crippen LogP contribution in [0, 0.1) is 0 Å². The van der Waals surface area contributed by atoms with Crippen LogP contribution in [-0.4, -0.2) is 25.4 Å². The van der Waals surface area contributed by atoms with Crippen LogP contribution in [-0.2, 0) is 6.61 Å². The lowest BCUT2D eigenvalue weighted by Crippen LogP contribution is -2.01. The molecular formula is C24H18N6O2. The zero-order valence-corrected chi connectivity index (χ0v) is 16.8. The molecule has 4 N–H and O–H groups in total. The molecule has 0 atom stereocenters. The van der Waals surface area contributed by atoms with E-state index in [-0.39, 0.29) is 5.56 Å². The van der Waals surface area contributed by atoms with Crippen LogP contribution in [0.5, 0.6) is 5.88 Å². The summed E-state index contributed by atoms with van der Waals surface area (Å²) in [6, 6.07) is 23.3. The maximum Gasteiger partial charge on any atom is 0.271 e. The second-order valence-electron chi connectivity index (χ2n) is 7.52. The number of H-pyrrole nitrogens is 3. The van der Waals surface area contributed by atoms with Gasteiger partial charge in [0.15, 0.2) is 5.82 Å². The Morgan fingerprint density at radius 1 is 0.844 bits per heavy atom. The van der Waals surface area contributed by atoms with Gasteiger partial charge in [0.2, 0.25) is 5.88 Å². The molecule has 0 saturated carbocycles. The number of rotatable bonds is 5. The van der Waals surface area contributed by atoms with Crippen molar-refractivity contribution in [1.29, 1.82) is 0 Å². The Morgan fingerprint density at radius 3 is 2.62 bits per heavy atom. The van der Waals surface area contributed by atoms with Crippen molar-refractivity contribution in [3.8, 4) is 5.88 Å². The first-order chi connectivity index (χ1) is 15.7. The Bertz CT molecular complexity index is 1650. The zero-order valence-electron chi connectivity index (χ0n) is 16.8. The first-order valence-corrected chi connectivity index (χ1v) is 10.2. The van der Waals surface area contributed by atoms with Gasteiger partial charge < -0.3 is 10.1 Å². The van der Waals surface area contributed by atoms with Gasteiger partial charge in [-0.05, 0) is 35.9 Å². The lowest BCUT2D eigenvalue weighted by molar-refractivity contribution is 0.295. The molecule has 156 valence electrons. The van der Waals surface area contributed by atoms with E-state index in [1.807, 2.05) is 66.7 Å². The Kier molecular flexibility index (Phi) is 4.14. The molecule has 6 rings (SSSR count). The van der Waals surface area contributed by atoms with Crippen LogP contribution in [0.15, 0.2) is 77.6 Å². The SMILES string of the molecule is O=c1[nH][nH]c2cc(COc3cc(Nc4n[nH]c5ccccc45)c4ccccc4n3)ccc12. The van der Waals surface area contributed by atoms with Gasteiger partial charge in [0.05, 0.1) is 27.6 Å². The van der Waals surface area contributed by atoms with Crippen LogP contribution in [0.3, 0.4) is 0 Å². The molecule has 3 aromatic carbocycles. The van der Waals surface area contributed by atoms with Gasteiger partial charge in [-0.25, -0.2) is 4.98 Å². The van der Waals surface area contributed by atoms with Gasteiger partial charge in [0, 0.05) is 16.8 Å². The summed E-state index contributed by atoms with van der Waals surface area (Å²) in [7, 11) is 0. The summed E-state index contributed by atoms with van der Waals surface area (Å²) < 4.78 is 6.02. The largest absolute Gasteiger partial charge is 0.473 e.